The van der Waals surface area contributed by atoms with Gasteiger partial charge in [-0.15, -0.1) is 23.7 Å². The van der Waals surface area contributed by atoms with E-state index in [1.807, 2.05) is 25.2 Å². The molecule has 1 heterocycles. The first kappa shape index (κ1) is 15.6. The molecule has 0 aliphatic carbocycles. The Morgan fingerprint density at radius 2 is 2.25 bits per heavy atom. The van der Waals surface area contributed by atoms with Crippen LogP contribution in [0.5, 0.6) is 0 Å². The van der Waals surface area contributed by atoms with Crippen LogP contribution in [0.25, 0.3) is 0 Å². The van der Waals surface area contributed by atoms with Crippen LogP contribution >= 0.6 is 23.7 Å². The highest BCUT2D eigenvalue weighted by molar-refractivity contribution is 7.15. The lowest BCUT2D eigenvalue weighted by molar-refractivity contribution is 0.194. The smallest absolute Gasteiger partial charge is 0.185 e. The van der Waals surface area contributed by atoms with E-state index in [0.29, 0.717) is 0 Å². The van der Waals surface area contributed by atoms with Crippen LogP contribution in [0.15, 0.2) is 6.20 Å². The third-order valence-corrected chi connectivity index (χ3v) is 3.09. The lowest BCUT2D eigenvalue weighted by Gasteiger charge is -2.05. The van der Waals surface area contributed by atoms with E-state index in [1.165, 1.54) is 4.88 Å². The van der Waals surface area contributed by atoms with Crippen LogP contribution in [0.3, 0.4) is 0 Å². The highest BCUT2D eigenvalue weighted by Crippen LogP contribution is 2.19. The number of hydrogen-bond donors (Lipinski definition) is 1. The van der Waals surface area contributed by atoms with Crippen molar-refractivity contribution in [2.24, 2.45) is 0 Å². The summed E-state index contributed by atoms with van der Waals surface area (Å²) in [6, 6.07) is 0. The lowest BCUT2D eigenvalue weighted by Crippen LogP contribution is -2.15. The molecule has 1 aromatic heterocycles. The predicted molar refractivity (Wildman–Crippen MR) is 71.9 cm³/mol. The first-order valence-electron chi connectivity index (χ1n) is 5.05. The van der Waals surface area contributed by atoms with Gasteiger partial charge < -0.3 is 15.0 Å². The van der Waals surface area contributed by atoms with E-state index in [-0.39, 0.29) is 12.4 Å². The predicted octanol–water partition coefficient (Wildman–Crippen LogP) is 1.76. The van der Waals surface area contributed by atoms with Gasteiger partial charge in [-0.25, -0.2) is 4.98 Å². The summed E-state index contributed by atoms with van der Waals surface area (Å²) in [5.41, 5.74) is 0. The van der Waals surface area contributed by atoms with Crippen molar-refractivity contribution in [3.05, 3.63) is 11.1 Å². The van der Waals surface area contributed by atoms with E-state index in [1.54, 1.807) is 18.4 Å². The Kier molecular flexibility index (Phi) is 8.56. The first-order chi connectivity index (χ1) is 7.24. The molecule has 0 spiro atoms. The summed E-state index contributed by atoms with van der Waals surface area (Å²) in [6.45, 7) is 2.71. The number of thiazole rings is 1. The minimum Gasteiger partial charge on any atom is -0.385 e. The second-order valence-electron chi connectivity index (χ2n) is 3.53. The maximum absolute atomic E-state index is 4.97. The Balaban J connectivity index is 0.00000225. The van der Waals surface area contributed by atoms with E-state index in [9.17, 15) is 0 Å². The van der Waals surface area contributed by atoms with Crippen LogP contribution in [0.2, 0.25) is 0 Å². The van der Waals surface area contributed by atoms with E-state index in [4.69, 9.17) is 4.74 Å². The van der Waals surface area contributed by atoms with Crippen molar-refractivity contribution in [1.29, 1.82) is 0 Å². The number of aromatic nitrogens is 1. The second kappa shape index (κ2) is 8.75. The number of rotatable bonds is 7. The third kappa shape index (κ3) is 5.65. The van der Waals surface area contributed by atoms with Crippen LogP contribution in [0.1, 0.15) is 11.3 Å². The number of hydrogen-bond acceptors (Lipinski definition) is 5. The topological polar surface area (TPSA) is 37.4 Å². The number of ether oxygens (including phenoxy) is 1. The van der Waals surface area contributed by atoms with Crippen molar-refractivity contribution in [2.45, 2.75) is 13.0 Å². The molecule has 1 N–H and O–H groups in total. The summed E-state index contributed by atoms with van der Waals surface area (Å²) in [5.74, 6) is 0. The van der Waals surface area contributed by atoms with Gasteiger partial charge in [0.1, 0.15) is 0 Å². The van der Waals surface area contributed by atoms with Gasteiger partial charge >= 0.3 is 0 Å². The van der Waals surface area contributed by atoms with E-state index < -0.39 is 0 Å². The molecule has 0 amide bonds. The van der Waals surface area contributed by atoms with E-state index >= 15 is 0 Å². The zero-order valence-electron chi connectivity index (χ0n) is 10.0. The van der Waals surface area contributed by atoms with Gasteiger partial charge in [0.05, 0.1) is 0 Å². The molecule has 1 rings (SSSR count). The van der Waals surface area contributed by atoms with Crippen molar-refractivity contribution < 1.29 is 4.74 Å². The molecule has 0 aromatic carbocycles. The monoisotopic (exact) mass is 265 g/mol. The standard InChI is InChI=1S/C10H19N3OS.ClH/c1-13(2)10-12-8-9(15-10)7-11-5-4-6-14-3;/h8,11H,4-7H2,1-3H3;1H. The maximum Gasteiger partial charge on any atom is 0.185 e. The average molecular weight is 266 g/mol. The highest BCUT2D eigenvalue weighted by Gasteiger charge is 2.02. The van der Waals surface area contributed by atoms with Crippen molar-refractivity contribution in [3.63, 3.8) is 0 Å². The summed E-state index contributed by atoms with van der Waals surface area (Å²) >= 11 is 1.73. The molecule has 0 unspecified atom stereocenters. The fourth-order valence-corrected chi connectivity index (χ4v) is 1.94. The van der Waals surface area contributed by atoms with Crippen LogP contribution in [0, 0.1) is 0 Å². The van der Waals surface area contributed by atoms with Crippen molar-refractivity contribution in [3.8, 4) is 0 Å². The van der Waals surface area contributed by atoms with Gasteiger partial charge in [0, 0.05) is 45.4 Å². The summed E-state index contributed by atoms with van der Waals surface area (Å²) in [6.07, 6.45) is 2.99. The summed E-state index contributed by atoms with van der Waals surface area (Å²) in [4.78, 5) is 7.61. The quantitative estimate of drug-likeness (QED) is 0.763. The summed E-state index contributed by atoms with van der Waals surface area (Å²) < 4.78 is 4.97. The molecule has 0 radical (unpaired) electrons. The van der Waals surface area contributed by atoms with Gasteiger partial charge in [-0.1, -0.05) is 0 Å². The highest BCUT2D eigenvalue weighted by atomic mass is 35.5. The minimum atomic E-state index is 0. The molecule has 0 saturated heterocycles. The zero-order chi connectivity index (χ0) is 11.1. The molecule has 0 saturated carbocycles. The fourth-order valence-electron chi connectivity index (χ4n) is 1.14. The number of anilines is 1. The average Bonchev–Trinajstić information content (AvgIpc) is 2.66. The zero-order valence-corrected chi connectivity index (χ0v) is 11.7. The van der Waals surface area contributed by atoms with Gasteiger partial charge in [0.15, 0.2) is 5.13 Å². The van der Waals surface area contributed by atoms with Crippen molar-refractivity contribution in [2.75, 3.05) is 39.3 Å². The largest absolute Gasteiger partial charge is 0.385 e. The molecule has 1 aromatic rings. The molecule has 0 fully saturated rings. The molecule has 0 aliphatic heterocycles. The maximum atomic E-state index is 4.97. The normalized spacial score (nSPS) is 9.94. The molecular weight excluding hydrogens is 246 g/mol. The summed E-state index contributed by atoms with van der Waals surface area (Å²) in [5, 5.41) is 4.42. The molecular formula is C10H20ClN3OS. The van der Waals surface area contributed by atoms with Gasteiger partial charge in [-0.05, 0) is 13.0 Å². The first-order valence-corrected chi connectivity index (χ1v) is 5.87. The number of halogens is 1. The van der Waals surface area contributed by atoms with Gasteiger partial charge in [0.2, 0.25) is 0 Å². The Morgan fingerprint density at radius 1 is 1.50 bits per heavy atom. The SMILES string of the molecule is COCCCNCc1cnc(N(C)C)s1.Cl. The number of methoxy groups -OCH3 is 1. The number of nitrogens with zero attached hydrogens (tertiary/aromatic N) is 2. The van der Waals surface area contributed by atoms with E-state index in [0.717, 1.165) is 31.2 Å². The fraction of sp³-hybridized carbons (Fsp3) is 0.700. The summed E-state index contributed by atoms with van der Waals surface area (Å²) in [7, 11) is 5.75. The Labute approximate surface area is 107 Å². The molecule has 0 aliphatic rings. The van der Waals surface area contributed by atoms with Gasteiger partial charge in [-0.2, -0.15) is 0 Å². The molecule has 6 heteroatoms. The molecule has 4 nitrogen and oxygen atoms in total. The van der Waals surface area contributed by atoms with Gasteiger partial charge in [-0.3, -0.25) is 0 Å². The minimum absolute atomic E-state index is 0. The molecule has 0 bridgehead atoms. The molecule has 94 valence electrons. The van der Waals surface area contributed by atoms with Crippen LogP contribution < -0.4 is 10.2 Å². The van der Waals surface area contributed by atoms with Crippen LogP contribution in [-0.2, 0) is 11.3 Å². The Bertz CT molecular complexity index is 281. The Hall–Kier alpha value is -0.360. The van der Waals surface area contributed by atoms with Gasteiger partial charge in [0.25, 0.3) is 0 Å². The molecule has 0 atom stereocenters. The van der Waals surface area contributed by atoms with Crippen molar-refractivity contribution >= 4 is 28.9 Å². The number of nitrogens with one attached hydrogen (secondary N) is 1. The van der Waals surface area contributed by atoms with Crippen molar-refractivity contribution in [1.82, 2.24) is 10.3 Å². The lowest BCUT2D eigenvalue weighted by atomic mass is 10.4. The second-order valence-corrected chi connectivity index (χ2v) is 4.62. The van der Waals surface area contributed by atoms with E-state index in [2.05, 4.69) is 10.3 Å². The van der Waals surface area contributed by atoms with Crippen LogP contribution in [0.4, 0.5) is 5.13 Å². The van der Waals surface area contributed by atoms with Crippen LogP contribution in [-0.4, -0.2) is 39.3 Å². The Morgan fingerprint density at radius 3 is 2.81 bits per heavy atom. The third-order valence-electron chi connectivity index (χ3n) is 1.93. The molecule has 16 heavy (non-hydrogen) atoms.